The molecule has 0 radical (unpaired) electrons. The Morgan fingerprint density at radius 3 is 2.16 bits per heavy atom. The van der Waals surface area contributed by atoms with E-state index in [1.807, 2.05) is 0 Å². The molecule has 17 heteroatoms. The van der Waals surface area contributed by atoms with Gasteiger partial charge in [0.05, 0.1) is 29.2 Å². The molecular weight excluding hydrogens is 678 g/mol. The topological polar surface area (TPSA) is 237 Å². The lowest BCUT2D eigenvalue weighted by Gasteiger charge is -2.66. The summed E-state index contributed by atoms with van der Waals surface area (Å²) >= 11 is 0. The van der Waals surface area contributed by atoms with Crippen LogP contribution in [-0.2, 0) is 61.9 Å². The molecule has 1 spiro atoms. The van der Waals surface area contributed by atoms with Crippen molar-refractivity contribution in [3.8, 4) is 0 Å². The van der Waals surface area contributed by atoms with Crippen LogP contribution >= 0.6 is 0 Å². The van der Waals surface area contributed by atoms with Crippen LogP contribution in [0.15, 0.2) is 18.3 Å². The van der Waals surface area contributed by atoms with E-state index in [1.165, 1.54) is 32.2 Å². The number of Topliss-reactive ketones (excluding diaryl/α,β-unsaturated/α-hetero) is 1. The number of ether oxygens (including phenoxy) is 7. The van der Waals surface area contributed by atoms with Crippen LogP contribution in [-0.4, -0.2) is 117 Å². The third-order valence-corrected chi connectivity index (χ3v) is 10.7. The normalized spacial score (nSPS) is 40.2. The molecule has 1 aromatic rings. The van der Waals surface area contributed by atoms with Crippen LogP contribution in [0.5, 0.6) is 0 Å². The lowest BCUT2D eigenvalue weighted by atomic mass is 9.45. The van der Waals surface area contributed by atoms with Gasteiger partial charge >= 0.3 is 35.8 Å². The van der Waals surface area contributed by atoms with Crippen LogP contribution in [0, 0.1) is 17.3 Å². The van der Waals surface area contributed by atoms with Gasteiger partial charge in [0.1, 0.15) is 35.4 Å². The fraction of sp³-hybridized carbons (Fsp3) is 0.647. The molecule has 3 heterocycles. The Labute approximate surface area is 292 Å². The number of pyridine rings is 1. The SMILES string of the molecule is CC(=O)OC[C@]12[C@@H](OC(C)=O)C(=O)[C@H]3[C@@H](O)[C@]14O[C@]3(C)COC(=O)c1cccnc1[C@@H](C)[C@H](C)C(=O)O[C@@H]([C@H](OC(C)=O)[C@@H]2OC(C)=O)[C@]4(C)O. The minimum atomic E-state index is -2.78. The van der Waals surface area contributed by atoms with E-state index in [1.54, 1.807) is 6.92 Å². The van der Waals surface area contributed by atoms with E-state index < -0.39 is 125 Å². The quantitative estimate of drug-likeness (QED) is 0.303. The Kier molecular flexibility index (Phi) is 9.58. The molecule has 278 valence electrons. The highest BCUT2D eigenvalue weighted by Gasteiger charge is 2.90. The molecule has 0 unspecified atom stereocenters. The van der Waals surface area contributed by atoms with Crippen molar-refractivity contribution in [2.24, 2.45) is 17.3 Å². The maximum atomic E-state index is 14.7. The lowest BCUT2D eigenvalue weighted by molar-refractivity contribution is -0.376. The molecule has 4 aliphatic rings. The van der Waals surface area contributed by atoms with E-state index in [0.717, 1.165) is 34.6 Å². The summed E-state index contributed by atoms with van der Waals surface area (Å²) < 4.78 is 40.8. The molecule has 51 heavy (non-hydrogen) atoms. The van der Waals surface area contributed by atoms with Gasteiger partial charge in [-0.25, -0.2) is 4.79 Å². The molecule has 2 N–H and O–H groups in total. The van der Waals surface area contributed by atoms with E-state index in [-0.39, 0.29) is 11.3 Å². The van der Waals surface area contributed by atoms with E-state index in [4.69, 9.17) is 33.2 Å². The summed E-state index contributed by atoms with van der Waals surface area (Å²) in [7, 11) is 0. The summed E-state index contributed by atoms with van der Waals surface area (Å²) in [5.74, 6) is -10.8. The molecule has 2 aliphatic carbocycles. The van der Waals surface area contributed by atoms with Crippen molar-refractivity contribution >= 4 is 41.6 Å². The molecule has 2 saturated carbocycles. The minimum Gasteiger partial charge on any atom is -0.465 e. The molecule has 2 aliphatic heterocycles. The van der Waals surface area contributed by atoms with Gasteiger partial charge in [0.2, 0.25) is 0 Å². The van der Waals surface area contributed by atoms with Gasteiger partial charge in [-0.3, -0.25) is 33.8 Å². The second-order valence-corrected chi connectivity index (χ2v) is 14.0. The Balaban J connectivity index is 1.91. The number of carbonyl (C=O) groups excluding carboxylic acids is 7. The number of esters is 6. The number of aromatic nitrogens is 1. The van der Waals surface area contributed by atoms with Crippen molar-refractivity contribution in [3.05, 3.63) is 29.6 Å². The third kappa shape index (κ3) is 5.56. The number of nitrogens with zero attached hydrogens (tertiary/aromatic N) is 1. The number of fused-ring (bicyclic) bond motifs is 5. The van der Waals surface area contributed by atoms with Crippen molar-refractivity contribution in [2.75, 3.05) is 13.2 Å². The number of cyclic esters (lactones) is 1. The highest BCUT2D eigenvalue weighted by atomic mass is 16.7. The summed E-state index contributed by atoms with van der Waals surface area (Å²) in [6, 6.07) is 2.89. The van der Waals surface area contributed by atoms with Gasteiger partial charge in [0.15, 0.2) is 30.2 Å². The van der Waals surface area contributed by atoms with Crippen molar-refractivity contribution in [3.63, 3.8) is 0 Å². The van der Waals surface area contributed by atoms with E-state index >= 15 is 0 Å². The molecule has 1 saturated heterocycles. The molecule has 12 atom stereocenters. The molecule has 0 amide bonds. The first-order valence-corrected chi connectivity index (χ1v) is 16.3. The summed E-state index contributed by atoms with van der Waals surface area (Å²) in [6.07, 6.45) is -9.04. The zero-order chi connectivity index (χ0) is 38.0. The van der Waals surface area contributed by atoms with Crippen molar-refractivity contribution in [2.45, 2.75) is 109 Å². The van der Waals surface area contributed by atoms with Gasteiger partial charge < -0.3 is 43.4 Å². The fourth-order valence-electron chi connectivity index (χ4n) is 8.41. The van der Waals surface area contributed by atoms with Crippen LogP contribution < -0.4 is 0 Å². The Hall–Kier alpha value is -4.48. The van der Waals surface area contributed by atoms with Gasteiger partial charge in [-0.05, 0) is 26.0 Å². The molecule has 5 rings (SSSR count). The number of hydrogen-bond donors (Lipinski definition) is 2. The number of hydrogen-bond acceptors (Lipinski definition) is 17. The largest absolute Gasteiger partial charge is 0.465 e. The second-order valence-electron chi connectivity index (χ2n) is 14.0. The summed E-state index contributed by atoms with van der Waals surface area (Å²) in [6.45, 7) is 7.48. The first-order valence-electron chi connectivity index (χ1n) is 16.3. The van der Waals surface area contributed by atoms with Gasteiger partial charge in [-0.2, -0.15) is 0 Å². The molecule has 1 aromatic heterocycles. The molecule has 17 nitrogen and oxygen atoms in total. The average molecular weight is 720 g/mol. The summed E-state index contributed by atoms with van der Waals surface area (Å²) in [4.78, 5) is 97.6. The van der Waals surface area contributed by atoms with Crippen LogP contribution in [0.3, 0.4) is 0 Å². The predicted octanol–water partition coefficient (Wildman–Crippen LogP) is 0.100. The zero-order valence-electron chi connectivity index (χ0n) is 29.3. The Bertz CT molecular complexity index is 1670. The molecular formula is C34H41NO16. The molecule has 0 aromatic carbocycles. The van der Waals surface area contributed by atoms with Gasteiger partial charge in [0, 0.05) is 39.8 Å². The van der Waals surface area contributed by atoms with Gasteiger partial charge in [-0.1, -0.05) is 13.8 Å². The molecule has 3 fully saturated rings. The Morgan fingerprint density at radius 1 is 0.941 bits per heavy atom. The molecule has 4 bridgehead atoms. The number of carbonyl (C=O) groups is 7. The maximum Gasteiger partial charge on any atom is 0.340 e. The smallest absolute Gasteiger partial charge is 0.340 e. The van der Waals surface area contributed by atoms with Crippen LogP contribution in [0.1, 0.15) is 77.4 Å². The minimum absolute atomic E-state index is 0.0294. The van der Waals surface area contributed by atoms with Crippen molar-refractivity contribution < 1.29 is 76.9 Å². The average Bonchev–Trinajstić information content (AvgIpc) is 3.25. The van der Waals surface area contributed by atoms with Gasteiger partial charge in [-0.15, -0.1) is 0 Å². The predicted molar refractivity (Wildman–Crippen MR) is 165 cm³/mol. The van der Waals surface area contributed by atoms with Crippen LogP contribution in [0.2, 0.25) is 0 Å². The maximum absolute atomic E-state index is 14.7. The number of aliphatic hydroxyl groups excluding tert-OH is 1. The third-order valence-electron chi connectivity index (χ3n) is 10.7. The number of ketones is 1. The van der Waals surface area contributed by atoms with Gasteiger partial charge in [0.25, 0.3) is 0 Å². The van der Waals surface area contributed by atoms with Crippen LogP contribution in [0.4, 0.5) is 0 Å². The first kappa shape index (κ1) is 37.8. The lowest BCUT2D eigenvalue weighted by Crippen LogP contribution is -2.88. The second kappa shape index (κ2) is 12.9. The van der Waals surface area contributed by atoms with E-state index in [9.17, 15) is 43.8 Å². The standard InChI is InChI=1S/C34H41NO16/c1-14-15(2)29(42)50-27-24(47-17(4)37)28(49-19(6)39)33(13-45-16(3)36)26(48-18(5)38)23(40)21-25(41)34(33,32(27,8)44)51-31(21,7)12-46-30(43)20-10-9-11-35-22(14)20/h9-11,14-15,21,24-28,41,44H,12-13H2,1-8H3/t14-,15-,21-,24-,25+,26-,27-,28-,31+,32-,33+,34+/m0/s1. The van der Waals surface area contributed by atoms with E-state index in [0.29, 0.717) is 0 Å². The first-order chi connectivity index (χ1) is 23.7. The number of rotatable bonds is 5. The number of aliphatic hydroxyl groups is 2. The van der Waals surface area contributed by atoms with Crippen molar-refractivity contribution in [1.82, 2.24) is 4.98 Å². The van der Waals surface area contributed by atoms with E-state index in [2.05, 4.69) is 4.98 Å². The van der Waals surface area contributed by atoms with Crippen molar-refractivity contribution in [1.29, 1.82) is 0 Å². The highest BCUT2D eigenvalue weighted by molar-refractivity contribution is 5.94. The highest BCUT2D eigenvalue weighted by Crippen LogP contribution is 2.68. The zero-order valence-corrected chi connectivity index (χ0v) is 29.3. The summed E-state index contributed by atoms with van der Waals surface area (Å²) in [5.41, 5.74) is -10.1. The Morgan fingerprint density at radius 2 is 1.57 bits per heavy atom. The summed E-state index contributed by atoms with van der Waals surface area (Å²) in [5, 5.41) is 25.3. The van der Waals surface area contributed by atoms with Crippen LogP contribution in [0.25, 0.3) is 0 Å². The monoisotopic (exact) mass is 719 g/mol. The fourth-order valence-corrected chi connectivity index (χ4v) is 8.41.